The minimum atomic E-state index is -1.28. The van der Waals surface area contributed by atoms with E-state index in [1.54, 1.807) is 25.7 Å². The lowest BCUT2D eigenvalue weighted by atomic mass is 9.78. The van der Waals surface area contributed by atoms with Crippen molar-refractivity contribution in [3.05, 3.63) is 0 Å². The van der Waals surface area contributed by atoms with Crippen molar-refractivity contribution in [3.63, 3.8) is 0 Å². The number of aliphatic hydroxyl groups is 1. The van der Waals surface area contributed by atoms with Crippen LogP contribution in [0.25, 0.3) is 0 Å². The maximum absolute atomic E-state index is 12.3. The maximum Gasteiger partial charge on any atom is 0.413 e. The van der Waals surface area contributed by atoms with E-state index in [-0.39, 0.29) is 17.1 Å². The Morgan fingerprint density at radius 1 is 1.10 bits per heavy atom. The van der Waals surface area contributed by atoms with Crippen LogP contribution in [0.2, 0.25) is 0 Å². The number of rotatable bonds is 1. The summed E-state index contributed by atoms with van der Waals surface area (Å²) in [5.41, 5.74) is -2.09. The van der Waals surface area contributed by atoms with E-state index in [0.717, 1.165) is 12.8 Å². The molecule has 5 heteroatoms. The second kappa shape index (κ2) is 4.10. The minimum Gasteiger partial charge on any atom is -0.438 e. The second-order valence-electron chi connectivity index (χ2n) is 8.45. The van der Waals surface area contributed by atoms with Gasteiger partial charge in [-0.1, -0.05) is 0 Å². The maximum atomic E-state index is 12.3. The third-order valence-corrected chi connectivity index (χ3v) is 4.82. The molecule has 1 amide bonds. The molecule has 0 aromatic carbocycles. The van der Waals surface area contributed by atoms with Gasteiger partial charge in [-0.15, -0.1) is 0 Å². The lowest BCUT2D eigenvalue weighted by Gasteiger charge is -2.48. The summed E-state index contributed by atoms with van der Waals surface area (Å²) >= 11 is 0. The Bertz CT molecular complexity index is 411. The number of piperidine rings is 1. The summed E-state index contributed by atoms with van der Waals surface area (Å²) in [6.45, 7) is 13.9. The van der Waals surface area contributed by atoms with Crippen LogP contribution in [0.4, 0.5) is 4.79 Å². The Morgan fingerprint density at radius 2 is 1.55 bits per heavy atom. The first-order valence-corrected chi connectivity index (χ1v) is 7.39. The molecule has 116 valence electrons. The van der Waals surface area contributed by atoms with Crippen molar-refractivity contribution in [1.82, 2.24) is 4.90 Å². The standard InChI is InChI=1S/C15H28N2O3/c1-12(2)8-10(9-13(3,4)16-12)17-11(18)20-14(5,6)15(17,7)19/h10,16,19H,8-9H2,1-7H3/p+1/t15-/m1/s1. The Balaban J connectivity index is 2.33. The summed E-state index contributed by atoms with van der Waals surface area (Å²) in [5, 5.41) is 13.2. The van der Waals surface area contributed by atoms with Crippen LogP contribution in [-0.4, -0.2) is 44.5 Å². The molecule has 0 aliphatic carbocycles. The van der Waals surface area contributed by atoms with Crippen LogP contribution in [0.5, 0.6) is 0 Å². The van der Waals surface area contributed by atoms with Crippen LogP contribution in [0.1, 0.15) is 61.3 Å². The zero-order chi connectivity index (χ0) is 15.6. The smallest absolute Gasteiger partial charge is 0.413 e. The highest BCUT2D eigenvalue weighted by Crippen LogP contribution is 2.41. The van der Waals surface area contributed by atoms with E-state index in [4.69, 9.17) is 4.74 Å². The molecule has 1 atom stereocenters. The molecule has 2 heterocycles. The van der Waals surface area contributed by atoms with Gasteiger partial charge in [0.2, 0.25) is 0 Å². The SMILES string of the molecule is CC1(C)CC(N2C(=O)OC(C)(C)[C@@]2(C)O)CC(C)(C)[NH2+]1. The fraction of sp³-hybridized carbons (Fsp3) is 0.933. The Morgan fingerprint density at radius 3 is 1.90 bits per heavy atom. The molecule has 2 aliphatic rings. The van der Waals surface area contributed by atoms with E-state index >= 15 is 0 Å². The van der Waals surface area contributed by atoms with Crippen LogP contribution in [0.15, 0.2) is 0 Å². The molecule has 5 nitrogen and oxygen atoms in total. The van der Waals surface area contributed by atoms with Crippen LogP contribution in [-0.2, 0) is 4.74 Å². The summed E-state index contributed by atoms with van der Waals surface area (Å²) in [5.74, 6) is 0. The highest BCUT2D eigenvalue weighted by atomic mass is 16.6. The number of amides is 1. The lowest BCUT2D eigenvalue weighted by molar-refractivity contribution is -0.788. The van der Waals surface area contributed by atoms with Crippen molar-refractivity contribution < 1.29 is 20.0 Å². The molecule has 3 N–H and O–H groups in total. The van der Waals surface area contributed by atoms with Crippen LogP contribution >= 0.6 is 0 Å². The average molecular weight is 285 g/mol. The summed E-state index contributed by atoms with van der Waals surface area (Å²) in [6.07, 6.45) is 1.29. The van der Waals surface area contributed by atoms with Gasteiger partial charge >= 0.3 is 6.09 Å². The van der Waals surface area contributed by atoms with Gasteiger partial charge in [-0.25, -0.2) is 4.79 Å². The van der Waals surface area contributed by atoms with Gasteiger partial charge in [0, 0.05) is 18.9 Å². The Labute approximate surface area is 121 Å². The molecule has 2 aliphatic heterocycles. The number of ether oxygens (including phenoxy) is 1. The fourth-order valence-corrected chi connectivity index (χ4v) is 3.98. The first-order chi connectivity index (χ1) is 8.78. The van der Waals surface area contributed by atoms with E-state index in [1.165, 1.54) is 0 Å². The minimum absolute atomic E-state index is 0.00530. The number of nitrogens with zero attached hydrogens (tertiary/aromatic N) is 1. The molecule has 0 bridgehead atoms. The Kier molecular flexibility index (Phi) is 3.20. The molecule has 0 spiro atoms. The molecule has 2 rings (SSSR count). The van der Waals surface area contributed by atoms with E-state index in [1.807, 2.05) is 0 Å². The van der Waals surface area contributed by atoms with Crippen molar-refractivity contribution >= 4 is 6.09 Å². The largest absolute Gasteiger partial charge is 0.438 e. The number of hydrogen-bond donors (Lipinski definition) is 2. The van der Waals surface area contributed by atoms with Gasteiger partial charge in [0.05, 0.1) is 11.1 Å². The molecule has 2 fully saturated rings. The normalized spacial score (nSPS) is 36.0. The highest BCUT2D eigenvalue weighted by Gasteiger charge is 2.60. The summed E-state index contributed by atoms with van der Waals surface area (Å²) in [4.78, 5) is 13.8. The first kappa shape index (κ1) is 15.6. The molecule has 0 unspecified atom stereocenters. The van der Waals surface area contributed by atoms with Gasteiger partial charge in [-0.2, -0.15) is 0 Å². The van der Waals surface area contributed by atoms with E-state index in [2.05, 4.69) is 33.0 Å². The number of nitrogens with two attached hydrogens (primary N) is 1. The quantitative estimate of drug-likeness (QED) is 0.761. The van der Waals surface area contributed by atoms with Gasteiger partial charge < -0.3 is 15.2 Å². The van der Waals surface area contributed by atoms with Gasteiger partial charge in [-0.3, -0.25) is 4.90 Å². The average Bonchev–Trinajstić information content (AvgIpc) is 2.24. The monoisotopic (exact) mass is 285 g/mol. The van der Waals surface area contributed by atoms with E-state index in [0.29, 0.717) is 0 Å². The molecule has 20 heavy (non-hydrogen) atoms. The fourth-order valence-electron chi connectivity index (χ4n) is 3.98. The van der Waals surface area contributed by atoms with Crippen molar-refractivity contribution in [3.8, 4) is 0 Å². The van der Waals surface area contributed by atoms with Gasteiger partial charge in [0.1, 0.15) is 0 Å². The third-order valence-electron chi connectivity index (χ3n) is 4.82. The molecule has 0 radical (unpaired) electrons. The van der Waals surface area contributed by atoms with Crippen molar-refractivity contribution in [2.45, 2.75) is 89.8 Å². The van der Waals surface area contributed by atoms with Crippen molar-refractivity contribution in [2.75, 3.05) is 0 Å². The number of carbonyl (C=O) groups is 1. The van der Waals surface area contributed by atoms with Crippen LogP contribution in [0, 0.1) is 0 Å². The number of quaternary nitrogens is 1. The van der Waals surface area contributed by atoms with Crippen molar-refractivity contribution in [2.24, 2.45) is 0 Å². The number of hydrogen-bond acceptors (Lipinski definition) is 3. The van der Waals surface area contributed by atoms with Crippen LogP contribution in [0.3, 0.4) is 0 Å². The predicted octanol–water partition coefficient (Wildman–Crippen LogP) is 1.21. The molecular formula is C15H29N2O3+. The molecule has 0 aromatic heterocycles. The predicted molar refractivity (Wildman–Crippen MR) is 76.1 cm³/mol. The highest BCUT2D eigenvalue weighted by molar-refractivity contribution is 5.72. The Hall–Kier alpha value is -0.810. The van der Waals surface area contributed by atoms with Gasteiger partial charge in [0.15, 0.2) is 11.3 Å². The third kappa shape index (κ3) is 2.42. The zero-order valence-electron chi connectivity index (χ0n) is 13.8. The molecule has 0 aromatic rings. The lowest BCUT2D eigenvalue weighted by Crippen LogP contribution is -3.06. The summed E-state index contributed by atoms with van der Waals surface area (Å²) < 4.78 is 5.39. The first-order valence-electron chi connectivity index (χ1n) is 7.39. The van der Waals surface area contributed by atoms with E-state index in [9.17, 15) is 9.90 Å². The van der Waals surface area contributed by atoms with E-state index < -0.39 is 17.4 Å². The number of cyclic esters (lactones) is 1. The molecule has 2 saturated heterocycles. The molecular weight excluding hydrogens is 256 g/mol. The zero-order valence-corrected chi connectivity index (χ0v) is 13.8. The van der Waals surface area contributed by atoms with Crippen LogP contribution < -0.4 is 5.32 Å². The second-order valence-corrected chi connectivity index (χ2v) is 8.45. The molecule has 0 saturated carbocycles. The van der Waals surface area contributed by atoms with Gasteiger partial charge in [0.25, 0.3) is 0 Å². The number of carbonyl (C=O) groups excluding carboxylic acids is 1. The van der Waals surface area contributed by atoms with Crippen molar-refractivity contribution in [1.29, 1.82) is 0 Å². The topological polar surface area (TPSA) is 66.4 Å². The van der Waals surface area contributed by atoms with Gasteiger partial charge in [-0.05, 0) is 48.5 Å². The summed E-state index contributed by atoms with van der Waals surface area (Å²) in [7, 11) is 0. The summed E-state index contributed by atoms with van der Waals surface area (Å²) in [6, 6.07) is -0.00530.